The molecule has 1 aromatic carbocycles. The van der Waals surface area contributed by atoms with Gasteiger partial charge in [-0.25, -0.2) is 0 Å². The molecule has 1 amide bonds. The lowest BCUT2D eigenvalue weighted by molar-refractivity contribution is -0.117. The van der Waals surface area contributed by atoms with Gasteiger partial charge in [0.1, 0.15) is 0 Å². The van der Waals surface area contributed by atoms with Crippen molar-refractivity contribution < 1.29 is 4.79 Å². The molecule has 0 heterocycles. The summed E-state index contributed by atoms with van der Waals surface area (Å²) in [6.07, 6.45) is 15.8. The van der Waals surface area contributed by atoms with E-state index in [0.717, 1.165) is 49.8 Å². The van der Waals surface area contributed by atoms with E-state index in [-0.39, 0.29) is 11.8 Å². The number of hydrogen-bond acceptors (Lipinski definition) is 1. The number of hydrogen-bond donors (Lipinski definition) is 1. The zero-order valence-electron chi connectivity index (χ0n) is 14.3. The molecule has 3 rings (SSSR count). The second kappa shape index (κ2) is 8.02. The van der Waals surface area contributed by atoms with E-state index in [4.69, 9.17) is 11.6 Å². The molecule has 2 nitrogen and oxygen atoms in total. The molecular formula is C21H26ClNO. The Labute approximate surface area is 150 Å². The highest BCUT2D eigenvalue weighted by Gasteiger charge is 2.52. The average molecular weight is 344 g/mol. The van der Waals surface area contributed by atoms with Crippen molar-refractivity contribution in [2.24, 2.45) is 17.8 Å². The minimum Gasteiger partial charge on any atom is -0.326 e. The number of benzene rings is 1. The Bertz CT molecular complexity index is 625. The van der Waals surface area contributed by atoms with E-state index >= 15 is 0 Å². The fourth-order valence-electron chi connectivity index (χ4n) is 3.82. The van der Waals surface area contributed by atoms with Crippen LogP contribution in [0.15, 0.2) is 42.5 Å². The van der Waals surface area contributed by atoms with Crippen molar-refractivity contribution in [2.45, 2.75) is 45.4 Å². The summed E-state index contributed by atoms with van der Waals surface area (Å²) >= 11 is 6.16. The highest BCUT2D eigenvalue weighted by molar-refractivity contribution is 6.31. The molecule has 1 aromatic rings. The molecule has 1 unspecified atom stereocenters. The van der Waals surface area contributed by atoms with Crippen LogP contribution in [-0.2, 0) is 4.79 Å². The van der Waals surface area contributed by atoms with E-state index in [9.17, 15) is 4.79 Å². The van der Waals surface area contributed by atoms with Gasteiger partial charge in [-0.05, 0) is 75.0 Å². The van der Waals surface area contributed by atoms with Crippen molar-refractivity contribution in [3.63, 3.8) is 0 Å². The molecule has 1 N–H and O–H groups in total. The fourth-order valence-corrected chi connectivity index (χ4v) is 4.00. The lowest BCUT2D eigenvalue weighted by Crippen LogP contribution is -2.16. The summed E-state index contributed by atoms with van der Waals surface area (Å²) in [5.41, 5.74) is 1.78. The van der Waals surface area contributed by atoms with Crippen LogP contribution in [0.3, 0.4) is 0 Å². The van der Waals surface area contributed by atoms with Gasteiger partial charge in [0, 0.05) is 16.6 Å². The molecule has 3 heteroatoms. The summed E-state index contributed by atoms with van der Waals surface area (Å²) in [5, 5.41) is 3.81. The van der Waals surface area contributed by atoms with Crippen molar-refractivity contribution in [3.8, 4) is 0 Å². The number of amides is 1. The molecule has 0 aromatic heterocycles. The standard InChI is InChI=1S/C21H26ClNO/c1-15-18(22)13-10-14-19(15)23-21(24)20-16-11-8-6-4-2-3-5-7-9-12-17(16)20/h4-7,10,13-14,16-17,20H,2-3,8-9,11-12H2,1H3,(H,23,24)/b6-4-,7-5+/t16-,17+,20?/m1/s1. The minimum atomic E-state index is 0.158. The molecule has 128 valence electrons. The Morgan fingerprint density at radius 3 is 2.21 bits per heavy atom. The maximum Gasteiger partial charge on any atom is 0.228 e. The highest BCUT2D eigenvalue weighted by Crippen LogP contribution is 2.52. The quantitative estimate of drug-likeness (QED) is 0.664. The van der Waals surface area contributed by atoms with Crippen LogP contribution in [0, 0.1) is 24.7 Å². The maximum atomic E-state index is 12.7. The molecule has 1 saturated carbocycles. The summed E-state index contributed by atoms with van der Waals surface area (Å²) in [6.45, 7) is 1.95. The molecule has 0 bridgehead atoms. The molecule has 1 fully saturated rings. The van der Waals surface area contributed by atoms with Crippen molar-refractivity contribution in [1.29, 1.82) is 0 Å². The van der Waals surface area contributed by atoms with Crippen LogP contribution in [0.25, 0.3) is 0 Å². The zero-order valence-corrected chi connectivity index (χ0v) is 15.1. The largest absolute Gasteiger partial charge is 0.326 e. The third-order valence-electron chi connectivity index (χ3n) is 5.33. The molecule has 3 atom stereocenters. The predicted octanol–water partition coefficient (Wildman–Crippen LogP) is 5.92. The second-order valence-corrected chi connectivity index (χ2v) is 7.34. The Morgan fingerprint density at radius 1 is 1.00 bits per heavy atom. The third-order valence-corrected chi connectivity index (χ3v) is 5.74. The molecule has 0 spiro atoms. The number of rotatable bonds is 2. The smallest absolute Gasteiger partial charge is 0.228 e. The van der Waals surface area contributed by atoms with Crippen LogP contribution in [0.4, 0.5) is 5.69 Å². The van der Waals surface area contributed by atoms with Gasteiger partial charge in [-0.1, -0.05) is 42.0 Å². The summed E-state index contributed by atoms with van der Waals surface area (Å²) in [6, 6.07) is 5.67. The van der Waals surface area contributed by atoms with E-state index in [0.29, 0.717) is 16.9 Å². The lowest BCUT2D eigenvalue weighted by Gasteiger charge is -2.09. The van der Waals surface area contributed by atoms with E-state index < -0.39 is 0 Å². The van der Waals surface area contributed by atoms with Gasteiger partial charge in [0.15, 0.2) is 0 Å². The monoisotopic (exact) mass is 343 g/mol. The highest BCUT2D eigenvalue weighted by atomic mass is 35.5. The SMILES string of the molecule is Cc1c(Cl)cccc1NC(=O)C1[C@H]2CC/C=C/CC/C=C\CC[C@@H]12. The van der Waals surface area contributed by atoms with Gasteiger partial charge in [0.05, 0.1) is 0 Å². The maximum absolute atomic E-state index is 12.7. The molecule has 2 aliphatic carbocycles. The first kappa shape index (κ1) is 17.3. The van der Waals surface area contributed by atoms with Crippen LogP contribution < -0.4 is 5.32 Å². The summed E-state index contributed by atoms with van der Waals surface area (Å²) in [5.74, 6) is 1.38. The van der Waals surface area contributed by atoms with Gasteiger partial charge in [0.2, 0.25) is 5.91 Å². The summed E-state index contributed by atoms with van der Waals surface area (Å²) in [4.78, 5) is 12.7. The first-order chi connectivity index (χ1) is 11.7. The van der Waals surface area contributed by atoms with Gasteiger partial charge in [-0.2, -0.15) is 0 Å². The van der Waals surface area contributed by atoms with E-state index in [1.807, 2.05) is 25.1 Å². The molecule has 0 saturated heterocycles. The Balaban J connectivity index is 1.65. The summed E-state index contributed by atoms with van der Waals surface area (Å²) in [7, 11) is 0. The first-order valence-electron chi connectivity index (χ1n) is 9.04. The first-order valence-corrected chi connectivity index (χ1v) is 9.42. The summed E-state index contributed by atoms with van der Waals surface area (Å²) < 4.78 is 0. The van der Waals surface area contributed by atoms with Crippen LogP contribution in [0.2, 0.25) is 5.02 Å². The second-order valence-electron chi connectivity index (χ2n) is 6.93. The molecule has 0 aliphatic heterocycles. The fraction of sp³-hybridized carbons (Fsp3) is 0.476. The molecular weight excluding hydrogens is 318 g/mol. The molecule has 24 heavy (non-hydrogen) atoms. The van der Waals surface area contributed by atoms with E-state index in [2.05, 4.69) is 29.6 Å². The van der Waals surface area contributed by atoms with Gasteiger partial charge in [-0.15, -0.1) is 0 Å². The molecule has 2 aliphatic rings. The van der Waals surface area contributed by atoms with E-state index in [1.165, 1.54) is 0 Å². The Kier molecular flexibility index (Phi) is 5.78. The lowest BCUT2D eigenvalue weighted by atomic mass is 10.1. The van der Waals surface area contributed by atoms with Gasteiger partial charge < -0.3 is 5.32 Å². The number of fused-ring (bicyclic) bond motifs is 1. The Hall–Kier alpha value is -1.54. The zero-order chi connectivity index (χ0) is 16.9. The number of carbonyl (C=O) groups excluding carboxylic acids is 1. The topological polar surface area (TPSA) is 29.1 Å². The predicted molar refractivity (Wildman–Crippen MR) is 101 cm³/mol. The van der Waals surface area contributed by atoms with Crippen LogP contribution in [0.1, 0.15) is 44.1 Å². The number of anilines is 1. The van der Waals surface area contributed by atoms with Crippen molar-refractivity contribution in [1.82, 2.24) is 0 Å². The van der Waals surface area contributed by atoms with Crippen LogP contribution in [0.5, 0.6) is 0 Å². The molecule has 0 radical (unpaired) electrons. The van der Waals surface area contributed by atoms with Crippen molar-refractivity contribution >= 4 is 23.2 Å². The average Bonchev–Trinajstić information content (AvgIpc) is 3.24. The normalized spacial score (nSPS) is 29.5. The van der Waals surface area contributed by atoms with Gasteiger partial charge in [-0.3, -0.25) is 4.79 Å². The number of carbonyl (C=O) groups is 1. The van der Waals surface area contributed by atoms with E-state index in [1.54, 1.807) is 0 Å². The number of halogens is 1. The Morgan fingerprint density at radius 2 is 1.58 bits per heavy atom. The number of nitrogens with one attached hydrogen (secondary N) is 1. The minimum absolute atomic E-state index is 0.158. The third kappa shape index (κ3) is 4.10. The number of allylic oxidation sites excluding steroid dienone is 4. The van der Waals surface area contributed by atoms with Crippen molar-refractivity contribution in [3.05, 3.63) is 53.1 Å². The van der Waals surface area contributed by atoms with Crippen LogP contribution >= 0.6 is 11.6 Å². The van der Waals surface area contributed by atoms with Gasteiger partial charge in [0.25, 0.3) is 0 Å². The van der Waals surface area contributed by atoms with Gasteiger partial charge >= 0.3 is 0 Å². The van der Waals surface area contributed by atoms with Crippen LogP contribution in [-0.4, -0.2) is 5.91 Å². The van der Waals surface area contributed by atoms with Crippen molar-refractivity contribution in [2.75, 3.05) is 5.32 Å².